The van der Waals surface area contributed by atoms with Crippen molar-refractivity contribution in [2.75, 3.05) is 0 Å². The van der Waals surface area contributed by atoms with E-state index < -0.39 is 17.8 Å². The van der Waals surface area contributed by atoms with Gasteiger partial charge in [-0.3, -0.25) is 4.79 Å². The lowest BCUT2D eigenvalue weighted by molar-refractivity contribution is -0.147. The molecule has 0 aliphatic heterocycles. The number of benzene rings is 1. The minimum atomic E-state index is -2.50. The Labute approximate surface area is 91.9 Å². The van der Waals surface area contributed by atoms with E-state index in [1.807, 2.05) is 0 Å². The van der Waals surface area contributed by atoms with Crippen molar-refractivity contribution in [3.63, 3.8) is 0 Å². The summed E-state index contributed by atoms with van der Waals surface area (Å²) >= 11 is 0. The van der Waals surface area contributed by atoms with Gasteiger partial charge in [0.15, 0.2) is 0 Å². The Morgan fingerprint density at radius 1 is 1.25 bits per heavy atom. The molecule has 0 spiro atoms. The van der Waals surface area contributed by atoms with Gasteiger partial charge in [-0.25, -0.2) is 8.78 Å². The van der Waals surface area contributed by atoms with Crippen LogP contribution in [0.4, 0.5) is 8.78 Å². The van der Waals surface area contributed by atoms with Gasteiger partial charge in [0.1, 0.15) is 0 Å². The summed E-state index contributed by atoms with van der Waals surface area (Å²) in [5.74, 6) is -0.858. The van der Waals surface area contributed by atoms with Crippen molar-refractivity contribution < 1.29 is 18.7 Å². The molecule has 0 aromatic heterocycles. The van der Waals surface area contributed by atoms with Gasteiger partial charge in [0.25, 0.3) is 6.43 Å². The van der Waals surface area contributed by atoms with Crippen LogP contribution in [0.25, 0.3) is 0 Å². The molecule has 1 aromatic rings. The van der Waals surface area contributed by atoms with Crippen molar-refractivity contribution >= 4 is 5.97 Å². The number of hydrogen-bond acceptors (Lipinski definition) is 1. The first-order valence-corrected chi connectivity index (χ1v) is 5.18. The van der Waals surface area contributed by atoms with Crippen molar-refractivity contribution in [3.05, 3.63) is 35.4 Å². The summed E-state index contributed by atoms with van der Waals surface area (Å²) < 4.78 is 24.7. The van der Waals surface area contributed by atoms with Crippen LogP contribution >= 0.6 is 0 Å². The fourth-order valence-electron chi connectivity index (χ4n) is 2.10. The van der Waals surface area contributed by atoms with Crippen molar-refractivity contribution in [2.45, 2.75) is 31.1 Å². The molecule has 1 aromatic carbocycles. The number of rotatable bonds is 3. The Kier molecular flexibility index (Phi) is 2.66. The van der Waals surface area contributed by atoms with Crippen LogP contribution in [0.1, 0.15) is 36.8 Å². The zero-order valence-corrected chi connectivity index (χ0v) is 8.62. The van der Waals surface area contributed by atoms with Gasteiger partial charge in [-0.15, -0.1) is 0 Å². The lowest BCUT2D eigenvalue weighted by atomic mass is 9.64. The predicted molar refractivity (Wildman–Crippen MR) is 54.6 cm³/mol. The normalized spacial score (nSPS) is 18.2. The lowest BCUT2D eigenvalue weighted by Gasteiger charge is -2.38. The van der Waals surface area contributed by atoms with E-state index in [-0.39, 0.29) is 5.56 Å². The quantitative estimate of drug-likeness (QED) is 0.859. The van der Waals surface area contributed by atoms with E-state index in [1.165, 1.54) is 24.3 Å². The summed E-state index contributed by atoms with van der Waals surface area (Å²) in [6.07, 6.45) is -0.438. The molecule has 2 rings (SSSR count). The topological polar surface area (TPSA) is 37.3 Å². The average Bonchev–Trinajstić information content (AvgIpc) is 2.16. The standard InChI is InChI=1S/C12H12F2O2/c13-10(14)8-2-4-9(5-3-8)12(11(15)16)6-1-7-12/h2-5,10H,1,6-7H2,(H,15,16). The molecule has 0 unspecified atom stereocenters. The Morgan fingerprint density at radius 3 is 2.12 bits per heavy atom. The molecule has 1 fully saturated rings. The highest BCUT2D eigenvalue weighted by atomic mass is 19.3. The molecule has 2 nitrogen and oxygen atoms in total. The SMILES string of the molecule is O=C(O)C1(c2ccc(C(F)F)cc2)CCC1. The van der Waals surface area contributed by atoms with Crippen LogP contribution < -0.4 is 0 Å². The Bertz CT molecular complexity index is 394. The first-order valence-electron chi connectivity index (χ1n) is 5.18. The van der Waals surface area contributed by atoms with Crippen LogP contribution in [0, 0.1) is 0 Å². The summed E-state index contributed by atoms with van der Waals surface area (Å²) in [5, 5.41) is 9.17. The van der Waals surface area contributed by atoms with E-state index in [1.54, 1.807) is 0 Å². The van der Waals surface area contributed by atoms with Crippen molar-refractivity contribution in [2.24, 2.45) is 0 Å². The fraction of sp³-hybridized carbons (Fsp3) is 0.417. The second-order valence-electron chi connectivity index (χ2n) is 4.16. The maximum atomic E-state index is 12.3. The molecule has 0 radical (unpaired) electrons. The smallest absolute Gasteiger partial charge is 0.314 e. The summed E-state index contributed by atoms with van der Waals surface area (Å²) in [6, 6.07) is 5.63. The molecule has 0 heterocycles. The number of carboxylic acid groups (broad SMARTS) is 1. The maximum absolute atomic E-state index is 12.3. The van der Waals surface area contributed by atoms with Gasteiger partial charge in [0.2, 0.25) is 0 Å². The van der Waals surface area contributed by atoms with E-state index >= 15 is 0 Å². The number of alkyl halides is 2. The van der Waals surface area contributed by atoms with Crippen LogP contribution in [0.2, 0.25) is 0 Å². The van der Waals surface area contributed by atoms with Crippen LogP contribution in [0.3, 0.4) is 0 Å². The Balaban J connectivity index is 2.30. The Morgan fingerprint density at radius 2 is 1.81 bits per heavy atom. The molecule has 1 N–H and O–H groups in total. The Hall–Kier alpha value is -1.45. The summed E-state index contributed by atoms with van der Waals surface area (Å²) in [7, 11) is 0. The van der Waals surface area contributed by atoms with Crippen LogP contribution in [-0.4, -0.2) is 11.1 Å². The molecule has 1 aliphatic carbocycles. The third-order valence-electron chi connectivity index (χ3n) is 3.33. The molecular formula is C12H12F2O2. The zero-order valence-electron chi connectivity index (χ0n) is 8.62. The van der Waals surface area contributed by atoms with Gasteiger partial charge in [-0.1, -0.05) is 30.7 Å². The van der Waals surface area contributed by atoms with Crippen LogP contribution in [-0.2, 0) is 10.2 Å². The van der Waals surface area contributed by atoms with E-state index in [4.69, 9.17) is 5.11 Å². The number of halogens is 2. The molecule has 1 saturated carbocycles. The number of carbonyl (C=O) groups is 1. The second-order valence-corrected chi connectivity index (χ2v) is 4.16. The van der Waals surface area contributed by atoms with E-state index in [9.17, 15) is 13.6 Å². The van der Waals surface area contributed by atoms with Gasteiger partial charge < -0.3 is 5.11 Å². The third-order valence-corrected chi connectivity index (χ3v) is 3.33. The maximum Gasteiger partial charge on any atom is 0.314 e. The fourth-order valence-corrected chi connectivity index (χ4v) is 2.10. The highest BCUT2D eigenvalue weighted by molar-refractivity contribution is 5.82. The first kappa shape index (κ1) is 11.0. The first-order chi connectivity index (χ1) is 7.56. The zero-order chi connectivity index (χ0) is 11.8. The molecule has 0 saturated heterocycles. The van der Waals surface area contributed by atoms with Crippen LogP contribution in [0.5, 0.6) is 0 Å². The summed E-state index contributed by atoms with van der Waals surface area (Å²) in [4.78, 5) is 11.2. The largest absolute Gasteiger partial charge is 0.481 e. The average molecular weight is 226 g/mol. The molecule has 86 valence electrons. The summed E-state index contributed by atoms with van der Waals surface area (Å²) in [6.45, 7) is 0. The molecule has 16 heavy (non-hydrogen) atoms. The third kappa shape index (κ3) is 1.58. The van der Waals surface area contributed by atoms with E-state index in [0.29, 0.717) is 18.4 Å². The van der Waals surface area contributed by atoms with Gasteiger partial charge in [-0.2, -0.15) is 0 Å². The predicted octanol–water partition coefficient (Wildman–Crippen LogP) is 3.13. The summed E-state index contributed by atoms with van der Waals surface area (Å²) in [5.41, 5.74) is -0.264. The van der Waals surface area contributed by atoms with Gasteiger partial charge in [0.05, 0.1) is 5.41 Å². The lowest BCUT2D eigenvalue weighted by Crippen LogP contribution is -2.42. The van der Waals surface area contributed by atoms with Crippen molar-refractivity contribution in [1.29, 1.82) is 0 Å². The van der Waals surface area contributed by atoms with Crippen molar-refractivity contribution in [1.82, 2.24) is 0 Å². The second kappa shape index (κ2) is 3.85. The minimum Gasteiger partial charge on any atom is -0.481 e. The van der Waals surface area contributed by atoms with Gasteiger partial charge in [0, 0.05) is 5.56 Å². The minimum absolute atomic E-state index is 0.0661. The van der Waals surface area contributed by atoms with Crippen molar-refractivity contribution in [3.8, 4) is 0 Å². The molecule has 1 aliphatic rings. The van der Waals surface area contributed by atoms with Crippen LogP contribution in [0.15, 0.2) is 24.3 Å². The van der Waals surface area contributed by atoms with Gasteiger partial charge in [-0.05, 0) is 18.4 Å². The highest BCUT2D eigenvalue weighted by Crippen LogP contribution is 2.44. The molecule has 0 bridgehead atoms. The number of hydrogen-bond donors (Lipinski definition) is 1. The molecule has 0 amide bonds. The monoisotopic (exact) mass is 226 g/mol. The van der Waals surface area contributed by atoms with E-state index in [2.05, 4.69) is 0 Å². The molecular weight excluding hydrogens is 214 g/mol. The highest BCUT2D eigenvalue weighted by Gasteiger charge is 2.45. The van der Waals surface area contributed by atoms with E-state index in [0.717, 1.165) is 6.42 Å². The molecule has 0 atom stereocenters. The number of carboxylic acids is 1. The number of aliphatic carboxylic acids is 1. The molecule has 4 heteroatoms. The van der Waals surface area contributed by atoms with Gasteiger partial charge >= 0.3 is 5.97 Å².